The van der Waals surface area contributed by atoms with E-state index in [9.17, 15) is 9.59 Å². The normalized spacial score (nSPS) is 21.6. The monoisotopic (exact) mass is 275 g/mol. The lowest BCUT2D eigenvalue weighted by Gasteiger charge is -2.30. The maximum absolute atomic E-state index is 12.5. The first-order valence-corrected chi connectivity index (χ1v) is 6.87. The third-order valence-electron chi connectivity index (χ3n) is 4.03. The largest absolute Gasteiger partial charge is 0.481 e. The number of hydrogen-bond donors (Lipinski definition) is 1. The van der Waals surface area contributed by atoms with Gasteiger partial charge in [0.05, 0.1) is 19.1 Å². The van der Waals surface area contributed by atoms with Crippen LogP contribution >= 0.6 is 0 Å². The minimum atomic E-state index is -0.815. The first-order valence-electron chi connectivity index (χ1n) is 6.87. The van der Waals surface area contributed by atoms with Gasteiger partial charge in [-0.15, -0.1) is 0 Å². The molecular weight excluding hydrogens is 258 g/mol. The molecule has 1 aromatic rings. The Labute approximate surface area is 117 Å². The van der Waals surface area contributed by atoms with Crippen LogP contribution < -0.4 is 0 Å². The highest BCUT2D eigenvalue weighted by molar-refractivity contribution is 5.95. The standard InChI is InChI=1S/C15H17NO4/c17-14(16-5-1-2-11(7-16)15(18)19)10-3-4-12-8-20-9-13(12)6-10/h3-4,6,11H,1-2,5,7-9H2,(H,18,19)/t11-/m0/s1. The predicted octanol–water partition coefficient (Wildman–Crippen LogP) is 1.65. The quantitative estimate of drug-likeness (QED) is 0.891. The van der Waals surface area contributed by atoms with Crippen molar-refractivity contribution >= 4 is 11.9 Å². The van der Waals surface area contributed by atoms with Crippen LogP contribution in [-0.4, -0.2) is 35.0 Å². The van der Waals surface area contributed by atoms with E-state index in [0.717, 1.165) is 17.5 Å². The topological polar surface area (TPSA) is 66.8 Å². The number of carbonyl (C=O) groups excluding carboxylic acids is 1. The Hall–Kier alpha value is -1.88. The molecule has 106 valence electrons. The van der Waals surface area contributed by atoms with Gasteiger partial charge in [-0.25, -0.2) is 0 Å². The van der Waals surface area contributed by atoms with Crippen molar-refractivity contribution < 1.29 is 19.4 Å². The Balaban J connectivity index is 1.76. The van der Waals surface area contributed by atoms with Crippen molar-refractivity contribution in [2.75, 3.05) is 13.1 Å². The number of likely N-dealkylation sites (tertiary alicyclic amines) is 1. The first kappa shape index (κ1) is 13.1. The Bertz CT molecular complexity index is 555. The summed E-state index contributed by atoms with van der Waals surface area (Å²) in [4.78, 5) is 25.2. The number of benzene rings is 1. The van der Waals surface area contributed by atoms with Crippen molar-refractivity contribution in [3.8, 4) is 0 Å². The highest BCUT2D eigenvalue weighted by atomic mass is 16.5. The Morgan fingerprint density at radius 3 is 2.85 bits per heavy atom. The van der Waals surface area contributed by atoms with Crippen LogP contribution in [-0.2, 0) is 22.7 Å². The highest BCUT2D eigenvalue weighted by Gasteiger charge is 2.29. The number of rotatable bonds is 2. The van der Waals surface area contributed by atoms with Gasteiger partial charge in [0.25, 0.3) is 5.91 Å². The molecule has 1 N–H and O–H groups in total. The molecule has 0 aliphatic carbocycles. The van der Waals surface area contributed by atoms with E-state index in [0.29, 0.717) is 38.3 Å². The lowest BCUT2D eigenvalue weighted by molar-refractivity contribution is -0.143. The van der Waals surface area contributed by atoms with E-state index in [1.807, 2.05) is 12.1 Å². The van der Waals surface area contributed by atoms with Crippen molar-refractivity contribution in [2.45, 2.75) is 26.1 Å². The molecule has 1 amide bonds. The molecule has 2 heterocycles. The van der Waals surface area contributed by atoms with Gasteiger partial charge in [0.15, 0.2) is 0 Å². The van der Waals surface area contributed by atoms with Crippen LogP contribution in [0.2, 0.25) is 0 Å². The molecule has 0 saturated carbocycles. The Kier molecular flexibility index (Phi) is 3.44. The number of carboxylic acid groups (broad SMARTS) is 1. The van der Waals surface area contributed by atoms with Gasteiger partial charge in [0.1, 0.15) is 0 Å². The number of nitrogens with zero attached hydrogens (tertiary/aromatic N) is 1. The summed E-state index contributed by atoms with van der Waals surface area (Å²) in [7, 11) is 0. The summed E-state index contributed by atoms with van der Waals surface area (Å²) in [5.74, 6) is -1.33. The van der Waals surface area contributed by atoms with Gasteiger partial charge in [-0.05, 0) is 36.1 Å². The van der Waals surface area contributed by atoms with Gasteiger partial charge in [-0.3, -0.25) is 9.59 Å². The number of amides is 1. The van der Waals surface area contributed by atoms with Gasteiger partial charge < -0.3 is 14.7 Å². The Morgan fingerprint density at radius 1 is 1.25 bits per heavy atom. The fraction of sp³-hybridized carbons (Fsp3) is 0.467. The molecule has 0 radical (unpaired) electrons. The third-order valence-corrected chi connectivity index (χ3v) is 4.03. The maximum atomic E-state index is 12.5. The minimum Gasteiger partial charge on any atom is -0.481 e. The van der Waals surface area contributed by atoms with Crippen molar-refractivity contribution in [3.63, 3.8) is 0 Å². The second kappa shape index (κ2) is 5.25. The molecule has 2 aliphatic heterocycles. The number of aliphatic carboxylic acids is 1. The number of fused-ring (bicyclic) bond motifs is 1. The van der Waals surface area contributed by atoms with Crippen LogP contribution in [0.1, 0.15) is 34.3 Å². The highest BCUT2D eigenvalue weighted by Crippen LogP contribution is 2.23. The van der Waals surface area contributed by atoms with Crippen LogP contribution in [0.4, 0.5) is 0 Å². The first-order chi connectivity index (χ1) is 9.65. The molecule has 0 unspecified atom stereocenters. The summed E-state index contributed by atoms with van der Waals surface area (Å²) >= 11 is 0. The summed E-state index contributed by atoms with van der Waals surface area (Å²) < 4.78 is 5.34. The summed E-state index contributed by atoms with van der Waals surface area (Å²) in [6, 6.07) is 5.60. The second-order valence-electron chi connectivity index (χ2n) is 5.40. The average Bonchev–Trinajstić information content (AvgIpc) is 2.94. The zero-order valence-electron chi connectivity index (χ0n) is 11.2. The number of carboxylic acids is 1. The second-order valence-corrected chi connectivity index (χ2v) is 5.40. The van der Waals surface area contributed by atoms with E-state index in [1.165, 1.54) is 0 Å². The predicted molar refractivity (Wildman–Crippen MR) is 71.2 cm³/mol. The van der Waals surface area contributed by atoms with Crippen molar-refractivity contribution in [3.05, 3.63) is 34.9 Å². The van der Waals surface area contributed by atoms with Crippen LogP contribution in [0.5, 0.6) is 0 Å². The summed E-state index contributed by atoms with van der Waals surface area (Å²) in [6.07, 6.45) is 1.40. The number of ether oxygens (including phenoxy) is 1. The van der Waals surface area contributed by atoms with Crippen LogP contribution in [0, 0.1) is 5.92 Å². The van der Waals surface area contributed by atoms with Crippen LogP contribution in [0.15, 0.2) is 18.2 Å². The third kappa shape index (κ3) is 2.41. The molecule has 1 fully saturated rings. The number of hydrogen-bond acceptors (Lipinski definition) is 3. The van der Waals surface area contributed by atoms with Crippen LogP contribution in [0.25, 0.3) is 0 Å². The van der Waals surface area contributed by atoms with E-state index in [4.69, 9.17) is 9.84 Å². The van der Waals surface area contributed by atoms with Gasteiger partial charge in [0.2, 0.25) is 0 Å². The van der Waals surface area contributed by atoms with E-state index < -0.39 is 11.9 Å². The minimum absolute atomic E-state index is 0.0781. The lowest BCUT2D eigenvalue weighted by Crippen LogP contribution is -2.42. The molecule has 5 nitrogen and oxygen atoms in total. The SMILES string of the molecule is O=C(O)[C@H]1CCCN(C(=O)c2ccc3c(c2)COC3)C1. The number of piperidine rings is 1. The van der Waals surface area contributed by atoms with Crippen molar-refractivity contribution in [1.29, 1.82) is 0 Å². The molecule has 0 aromatic heterocycles. The molecule has 2 aliphatic rings. The molecule has 1 saturated heterocycles. The number of carbonyl (C=O) groups is 2. The average molecular weight is 275 g/mol. The zero-order valence-corrected chi connectivity index (χ0v) is 11.2. The van der Waals surface area contributed by atoms with Gasteiger partial charge in [-0.2, -0.15) is 0 Å². The molecule has 20 heavy (non-hydrogen) atoms. The van der Waals surface area contributed by atoms with Gasteiger partial charge in [-0.1, -0.05) is 6.07 Å². The fourth-order valence-electron chi connectivity index (χ4n) is 2.85. The molecule has 0 bridgehead atoms. The van der Waals surface area contributed by atoms with E-state index >= 15 is 0 Å². The van der Waals surface area contributed by atoms with E-state index in [-0.39, 0.29) is 5.91 Å². The van der Waals surface area contributed by atoms with E-state index in [1.54, 1.807) is 11.0 Å². The summed E-state index contributed by atoms with van der Waals surface area (Å²) in [6.45, 7) is 2.10. The zero-order chi connectivity index (χ0) is 14.1. The Morgan fingerprint density at radius 2 is 2.05 bits per heavy atom. The summed E-state index contributed by atoms with van der Waals surface area (Å²) in [5.41, 5.74) is 2.81. The molecule has 5 heteroatoms. The van der Waals surface area contributed by atoms with Crippen LogP contribution in [0.3, 0.4) is 0 Å². The molecule has 3 rings (SSSR count). The smallest absolute Gasteiger partial charge is 0.308 e. The lowest BCUT2D eigenvalue weighted by atomic mass is 9.97. The van der Waals surface area contributed by atoms with Gasteiger partial charge >= 0.3 is 5.97 Å². The van der Waals surface area contributed by atoms with Crippen molar-refractivity contribution in [2.24, 2.45) is 5.92 Å². The summed E-state index contributed by atoms with van der Waals surface area (Å²) in [5, 5.41) is 9.08. The van der Waals surface area contributed by atoms with Gasteiger partial charge in [0, 0.05) is 18.7 Å². The molecule has 1 atom stereocenters. The van der Waals surface area contributed by atoms with Crippen molar-refractivity contribution in [1.82, 2.24) is 4.90 Å². The maximum Gasteiger partial charge on any atom is 0.308 e. The molecule has 0 spiro atoms. The van der Waals surface area contributed by atoms with E-state index in [2.05, 4.69) is 0 Å². The molecular formula is C15H17NO4. The fourth-order valence-corrected chi connectivity index (χ4v) is 2.85. The molecule has 1 aromatic carbocycles.